The number of hydrogen-bond acceptors (Lipinski definition) is 7. The first-order valence-electron chi connectivity index (χ1n) is 18.1. The fourth-order valence-electron chi connectivity index (χ4n) is 7.14. The molecule has 1 aliphatic carbocycles. The molecule has 4 rings (SSSR count). The van der Waals surface area contributed by atoms with Gasteiger partial charge in [0.15, 0.2) is 0 Å². The normalized spacial score (nSPS) is 20.2. The van der Waals surface area contributed by atoms with Crippen molar-refractivity contribution in [1.29, 1.82) is 0 Å². The minimum absolute atomic E-state index is 0.0482. The Morgan fingerprint density at radius 3 is 1.90 bits per heavy atom. The smallest absolute Gasteiger partial charge is 0.408 e. The number of Topliss-reactive ketones (excluding diaryl/α,β-unsaturated/α-hetero) is 1. The zero-order chi connectivity index (χ0) is 38.6. The summed E-state index contributed by atoms with van der Waals surface area (Å²) in [6, 6.07) is 15.3. The number of ether oxygens (including phenoxy) is 1. The lowest BCUT2D eigenvalue weighted by Gasteiger charge is -2.38. The van der Waals surface area contributed by atoms with Crippen molar-refractivity contribution in [2.24, 2.45) is 22.7 Å². The molecule has 0 aromatic heterocycles. The Bertz CT molecular complexity index is 1590. The number of hydrogen-bond donors (Lipinski definition) is 4. The van der Waals surface area contributed by atoms with E-state index in [9.17, 15) is 28.8 Å². The Kier molecular flexibility index (Phi) is 12.2. The van der Waals surface area contributed by atoms with Crippen LogP contribution in [0.1, 0.15) is 92.3 Å². The summed E-state index contributed by atoms with van der Waals surface area (Å²) in [7, 11) is 0. The van der Waals surface area contributed by atoms with Gasteiger partial charge in [-0.25, -0.2) is 4.79 Å². The summed E-state index contributed by atoms with van der Waals surface area (Å²) in [5.41, 5.74) is -0.0118. The Morgan fingerprint density at radius 2 is 1.40 bits per heavy atom. The summed E-state index contributed by atoms with van der Waals surface area (Å²) >= 11 is 0. The molecule has 282 valence electrons. The Hall–Kier alpha value is -4.74. The van der Waals surface area contributed by atoms with Crippen molar-refractivity contribution in [2.75, 3.05) is 13.1 Å². The number of ketones is 1. The van der Waals surface area contributed by atoms with Crippen LogP contribution < -0.4 is 21.3 Å². The van der Waals surface area contributed by atoms with E-state index < -0.39 is 77.2 Å². The van der Waals surface area contributed by atoms with Gasteiger partial charge in [0.2, 0.25) is 23.5 Å². The van der Waals surface area contributed by atoms with Gasteiger partial charge in [0, 0.05) is 6.54 Å². The van der Waals surface area contributed by atoms with E-state index in [1.807, 2.05) is 102 Å². The number of rotatable bonds is 13. The van der Waals surface area contributed by atoms with Gasteiger partial charge in [0.05, 0.1) is 18.6 Å². The van der Waals surface area contributed by atoms with Crippen molar-refractivity contribution in [3.8, 4) is 0 Å². The van der Waals surface area contributed by atoms with Gasteiger partial charge in [0.25, 0.3) is 5.91 Å². The molecule has 5 amide bonds. The fraction of sp³-hybridized carbons (Fsp3) is 0.550. The summed E-state index contributed by atoms with van der Waals surface area (Å²) in [6.07, 6.45) is -0.0793. The summed E-state index contributed by atoms with van der Waals surface area (Å²) in [4.78, 5) is 82.2. The first-order valence-corrected chi connectivity index (χ1v) is 18.1. The summed E-state index contributed by atoms with van der Waals surface area (Å²) in [6.45, 7) is 16.4. The van der Waals surface area contributed by atoms with E-state index in [-0.39, 0.29) is 23.7 Å². The average Bonchev–Trinajstić information content (AvgIpc) is 3.37. The van der Waals surface area contributed by atoms with Gasteiger partial charge >= 0.3 is 6.09 Å². The highest BCUT2D eigenvalue weighted by Crippen LogP contribution is 2.65. The lowest BCUT2D eigenvalue weighted by atomic mass is 9.85. The zero-order valence-electron chi connectivity index (χ0n) is 31.9. The van der Waals surface area contributed by atoms with Crippen molar-refractivity contribution in [3.05, 3.63) is 71.8 Å². The second-order valence-electron chi connectivity index (χ2n) is 16.6. The molecule has 2 aromatic rings. The third-order valence-electron chi connectivity index (χ3n) is 9.95. The van der Waals surface area contributed by atoms with Gasteiger partial charge in [-0.05, 0) is 61.0 Å². The molecule has 2 aliphatic rings. The number of likely N-dealkylation sites (tertiary alicyclic amines) is 1. The van der Waals surface area contributed by atoms with E-state index in [0.717, 1.165) is 11.1 Å². The zero-order valence-corrected chi connectivity index (χ0v) is 31.9. The van der Waals surface area contributed by atoms with Gasteiger partial charge in [-0.3, -0.25) is 24.0 Å². The van der Waals surface area contributed by atoms with Gasteiger partial charge in [-0.1, -0.05) is 109 Å². The predicted molar refractivity (Wildman–Crippen MR) is 197 cm³/mol. The predicted octanol–water partition coefficient (Wildman–Crippen LogP) is 4.28. The fourth-order valence-corrected chi connectivity index (χ4v) is 7.14. The monoisotopic (exact) mass is 717 g/mol. The molecule has 4 N–H and O–H groups in total. The number of carbonyl (C=O) groups excluding carboxylic acids is 6. The number of fused-ring (bicyclic) bond motifs is 1. The van der Waals surface area contributed by atoms with Gasteiger partial charge in [-0.15, -0.1) is 0 Å². The molecule has 1 saturated heterocycles. The second kappa shape index (κ2) is 15.9. The number of nitrogens with zero attached hydrogens (tertiary/aromatic N) is 1. The average molecular weight is 718 g/mol. The van der Waals surface area contributed by atoms with Crippen molar-refractivity contribution >= 4 is 35.5 Å². The molecule has 0 spiro atoms. The van der Waals surface area contributed by atoms with Crippen LogP contribution in [0.4, 0.5) is 4.79 Å². The third-order valence-corrected chi connectivity index (χ3v) is 9.95. The number of amides is 5. The van der Waals surface area contributed by atoms with Crippen LogP contribution in [0.15, 0.2) is 60.7 Å². The van der Waals surface area contributed by atoms with Gasteiger partial charge in [-0.2, -0.15) is 0 Å². The van der Waals surface area contributed by atoms with Crippen LogP contribution in [0.25, 0.3) is 0 Å². The second-order valence-corrected chi connectivity index (χ2v) is 16.6. The van der Waals surface area contributed by atoms with Crippen LogP contribution in [-0.2, 0) is 28.7 Å². The van der Waals surface area contributed by atoms with Gasteiger partial charge in [0.1, 0.15) is 17.7 Å². The van der Waals surface area contributed by atoms with Crippen molar-refractivity contribution in [2.45, 2.75) is 105 Å². The van der Waals surface area contributed by atoms with Gasteiger partial charge < -0.3 is 30.9 Å². The quantitative estimate of drug-likeness (QED) is 0.225. The summed E-state index contributed by atoms with van der Waals surface area (Å²) < 4.78 is 5.44. The molecular weight excluding hydrogens is 662 g/mol. The maximum atomic E-state index is 14.2. The highest BCUT2D eigenvalue weighted by atomic mass is 16.6. The first-order chi connectivity index (χ1) is 24.3. The van der Waals surface area contributed by atoms with E-state index in [1.165, 1.54) is 4.90 Å². The molecule has 1 saturated carbocycles. The molecule has 12 nitrogen and oxygen atoms in total. The number of nitrogens with one attached hydrogen (secondary N) is 4. The lowest BCUT2D eigenvalue weighted by Crippen LogP contribution is -2.60. The molecule has 12 heteroatoms. The lowest BCUT2D eigenvalue weighted by molar-refractivity contribution is -0.145. The number of alkyl carbamates (subject to hydrolysis) is 1. The standard InChI is InChI=1S/C40H55N5O7/c1-10-17-27(32(47)35(49)41-22-28(46)43-30(24-18-13-11-14-19-24)25-20-15-12-16-21-25)42-34(48)31-29-26(40(29,8)9)23-45(31)36(50)33(38(2,3)4)44-37(51)52-39(5,6)7/h11-16,18-21,26-27,29-31,33H,10,17,22-23H2,1-9H3,(H,41,49)(H,42,48)(H,43,46)(H,44,51)/t26-,27?,29-,31-,33+/m0/s1. The van der Waals surface area contributed by atoms with E-state index in [0.29, 0.717) is 13.0 Å². The van der Waals surface area contributed by atoms with Crippen LogP contribution in [0.3, 0.4) is 0 Å². The summed E-state index contributed by atoms with van der Waals surface area (Å²) in [5.74, 6) is -3.46. The van der Waals surface area contributed by atoms with Crippen LogP contribution in [0.2, 0.25) is 0 Å². The minimum atomic E-state index is -1.17. The minimum Gasteiger partial charge on any atom is -0.444 e. The van der Waals surface area contributed by atoms with Crippen LogP contribution in [-0.4, -0.2) is 77.2 Å². The molecule has 1 unspecified atom stereocenters. The first kappa shape index (κ1) is 40.0. The number of carbonyl (C=O) groups is 6. The Morgan fingerprint density at radius 1 is 0.846 bits per heavy atom. The largest absolute Gasteiger partial charge is 0.444 e. The van der Waals surface area contributed by atoms with Crippen molar-refractivity contribution in [3.63, 3.8) is 0 Å². The Balaban J connectivity index is 1.44. The van der Waals surface area contributed by atoms with Crippen LogP contribution >= 0.6 is 0 Å². The molecule has 1 aliphatic heterocycles. The molecule has 2 fully saturated rings. The van der Waals surface area contributed by atoms with Crippen molar-refractivity contribution < 1.29 is 33.5 Å². The topological polar surface area (TPSA) is 163 Å². The SMILES string of the molecule is CCCC(NC(=O)[C@@H]1[C@@H]2[C@H](CN1C(=O)[C@@H](NC(=O)OC(C)(C)C)C(C)(C)C)C2(C)C)C(=O)C(=O)NCC(=O)NC(c1ccccc1)c1ccccc1. The molecular formula is C40H55N5O7. The van der Waals surface area contributed by atoms with Crippen LogP contribution in [0.5, 0.6) is 0 Å². The van der Waals surface area contributed by atoms with E-state index in [4.69, 9.17) is 4.74 Å². The van der Waals surface area contributed by atoms with E-state index in [2.05, 4.69) is 21.3 Å². The highest BCUT2D eigenvalue weighted by Gasteiger charge is 2.70. The van der Waals surface area contributed by atoms with E-state index in [1.54, 1.807) is 20.8 Å². The number of benzene rings is 2. The van der Waals surface area contributed by atoms with Crippen LogP contribution in [0, 0.1) is 22.7 Å². The Labute approximate surface area is 307 Å². The molecule has 1 heterocycles. The maximum absolute atomic E-state index is 14.2. The summed E-state index contributed by atoms with van der Waals surface area (Å²) in [5, 5.41) is 10.9. The molecule has 0 radical (unpaired) electrons. The van der Waals surface area contributed by atoms with Crippen molar-refractivity contribution in [1.82, 2.24) is 26.2 Å². The molecule has 52 heavy (non-hydrogen) atoms. The molecule has 2 aromatic carbocycles. The third kappa shape index (κ3) is 9.57. The molecule has 5 atom stereocenters. The molecule has 0 bridgehead atoms. The van der Waals surface area contributed by atoms with E-state index >= 15 is 0 Å². The highest BCUT2D eigenvalue weighted by molar-refractivity contribution is 6.38. The maximum Gasteiger partial charge on any atom is 0.408 e. The number of piperidine rings is 1.